The SMILES string of the molecule is O=c1nc2cn[nH]n2c2cc(Cl)ccc12. The minimum absolute atomic E-state index is 0.275. The van der Waals surface area contributed by atoms with E-state index < -0.39 is 0 Å². The van der Waals surface area contributed by atoms with Crippen LogP contribution in [-0.2, 0) is 0 Å². The quantitative estimate of drug-likeness (QED) is 0.620. The summed E-state index contributed by atoms with van der Waals surface area (Å²) in [7, 11) is 0. The maximum Gasteiger partial charge on any atom is 0.281 e. The monoisotopic (exact) mass is 220 g/mol. The minimum atomic E-state index is -0.275. The van der Waals surface area contributed by atoms with E-state index >= 15 is 0 Å². The summed E-state index contributed by atoms with van der Waals surface area (Å²) < 4.78 is 1.61. The lowest BCUT2D eigenvalue weighted by Gasteiger charge is -1.99. The molecule has 0 spiro atoms. The highest BCUT2D eigenvalue weighted by Gasteiger charge is 2.06. The Morgan fingerprint density at radius 2 is 2.27 bits per heavy atom. The molecule has 0 aliphatic heterocycles. The zero-order valence-corrected chi connectivity index (χ0v) is 8.19. The highest BCUT2D eigenvalue weighted by atomic mass is 35.5. The topological polar surface area (TPSA) is 63.0 Å². The molecule has 0 saturated heterocycles. The molecule has 0 radical (unpaired) electrons. The van der Waals surface area contributed by atoms with Gasteiger partial charge in [0.05, 0.1) is 17.1 Å². The fourth-order valence-corrected chi connectivity index (χ4v) is 1.71. The molecule has 0 aliphatic rings. The Morgan fingerprint density at radius 1 is 1.40 bits per heavy atom. The van der Waals surface area contributed by atoms with Crippen molar-refractivity contribution < 1.29 is 0 Å². The Morgan fingerprint density at radius 3 is 3.13 bits per heavy atom. The Balaban J connectivity index is 2.69. The molecule has 0 amide bonds. The lowest BCUT2D eigenvalue weighted by Crippen LogP contribution is -2.09. The van der Waals surface area contributed by atoms with E-state index in [0.29, 0.717) is 21.6 Å². The van der Waals surface area contributed by atoms with Crippen molar-refractivity contribution in [3.63, 3.8) is 0 Å². The van der Waals surface area contributed by atoms with Crippen LogP contribution >= 0.6 is 11.6 Å². The second-order valence-corrected chi connectivity index (χ2v) is 3.57. The fraction of sp³-hybridized carbons (Fsp3) is 0. The normalized spacial score (nSPS) is 11.3. The van der Waals surface area contributed by atoms with Crippen molar-refractivity contribution in [1.82, 2.24) is 19.8 Å². The summed E-state index contributed by atoms with van der Waals surface area (Å²) in [5.74, 6) is 0. The van der Waals surface area contributed by atoms with E-state index in [1.165, 1.54) is 6.20 Å². The molecule has 2 aromatic heterocycles. The summed E-state index contributed by atoms with van der Waals surface area (Å²) in [6.07, 6.45) is 1.49. The van der Waals surface area contributed by atoms with E-state index in [4.69, 9.17) is 11.6 Å². The molecule has 0 atom stereocenters. The number of aromatic amines is 1. The molecule has 1 N–H and O–H groups in total. The first-order chi connectivity index (χ1) is 7.25. The van der Waals surface area contributed by atoms with E-state index in [0.717, 1.165) is 0 Å². The molecule has 0 aliphatic carbocycles. The molecule has 0 fully saturated rings. The number of hydrogen-bond donors (Lipinski definition) is 1. The third kappa shape index (κ3) is 1.13. The van der Waals surface area contributed by atoms with Gasteiger partial charge in [-0.15, -0.1) is 0 Å². The van der Waals surface area contributed by atoms with Gasteiger partial charge in [0, 0.05) is 5.02 Å². The van der Waals surface area contributed by atoms with Gasteiger partial charge in [-0.05, 0) is 18.2 Å². The van der Waals surface area contributed by atoms with Crippen LogP contribution in [0.2, 0.25) is 5.02 Å². The zero-order chi connectivity index (χ0) is 10.4. The van der Waals surface area contributed by atoms with Crippen LogP contribution in [0.4, 0.5) is 0 Å². The number of fused-ring (bicyclic) bond motifs is 3. The number of aromatic nitrogens is 4. The highest BCUT2D eigenvalue weighted by molar-refractivity contribution is 6.31. The molecular weight excluding hydrogens is 216 g/mol. The fourth-order valence-electron chi connectivity index (χ4n) is 1.54. The van der Waals surface area contributed by atoms with Crippen LogP contribution in [0.3, 0.4) is 0 Å². The third-order valence-electron chi connectivity index (χ3n) is 2.21. The molecule has 0 saturated carbocycles. The van der Waals surface area contributed by atoms with Gasteiger partial charge in [0.25, 0.3) is 5.56 Å². The molecule has 3 rings (SSSR count). The van der Waals surface area contributed by atoms with Crippen LogP contribution < -0.4 is 5.56 Å². The maximum atomic E-state index is 11.6. The lowest BCUT2D eigenvalue weighted by molar-refractivity contribution is 0.873. The second kappa shape index (κ2) is 2.80. The molecule has 15 heavy (non-hydrogen) atoms. The van der Waals surface area contributed by atoms with Crippen LogP contribution in [0.25, 0.3) is 16.6 Å². The largest absolute Gasteiger partial charge is 0.281 e. The first kappa shape index (κ1) is 8.43. The average Bonchev–Trinajstić information content (AvgIpc) is 2.65. The average molecular weight is 221 g/mol. The van der Waals surface area contributed by atoms with Crippen LogP contribution in [-0.4, -0.2) is 19.8 Å². The number of nitrogens with one attached hydrogen (secondary N) is 1. The number of benzene rings is 1. The van der Waals surface area contributed by atoms with Gasteiger partial charge in [-0.1, -0.05) is 11.6 Å². The van der Waals surface area contributed by atoms with Crippen molar-refractivity contribution in [2.75, 3.05) is 0 Å². The second-order valence-electron chi connectivity index (χ2n) is 3.13. The summed E-state index contributed by atoms with van der Waals surface area (Å²) in [6.45, 7) is 0. The number of hydrogen-bond acceptors (Lipinski definition) is 3. The summed E-state index contributed by atoms with van der Waals surface area (Å²) in [4.78, 5) is 15.5. The molecule has 2 heterocycles. The van der Waals surface area contributed by atoms with E-state index in [9.17, 15) is 4.79 Å². The minimum Gasteiger partial charge on any atom is -0.267 e. The van der Waals surface area contributed by atoms with E-state index in [1.807, 2.05) is 0 Å². The lowest BCUT2D eigenvalue weighted by atomic mass is 10.2. The van der Waals surface area contributed by atoms with Gasteiger partial charge in [-0.2, -0.15) is 10.1 Å². The first-order valence-corrected chi connectivity index (χ1v) is 4.65. The van der Waals surface area contributed by atoms with Gasteiger partial charge in [0.15, 0.2) is 5.65 Å². The van der Waals surface area contributed by atoms with E-state index in [2.05, 4.69) is 15.3 Å². The summed E-state index contributed by atoms with van der Waals surface area (Å²) >= 11 is 5.87. The van der Waals surface area contributed by atoms with Crippen LogP contribution in [0.5, 0.6) is 0 Å². The maximum absolute atomic E-state index is 11.6. The molecular formula is C9H5ClN4O. The van der Waals surface area contributed by atoms with Crippen LogP contribution in [0.15, 0.2) is 29.2 Å². The predicted octanol–water partition coefficient (Wildman–Crippen LogP) is 1.22. The summed E-state index contributed by atoms with van der Waals surface area (Å²) in [5, 5.41) is 7.62. The summed E-state index contributed by atoms with van der Waals surface area (Å²) in [6, 6.07) is 5.02. The van der Waals surface area contributed by atoms with Crippen molar-refractivity contribution in [1.29, 1.82) is 0 Å². The first-order valence-electron chi connectivity index (χ1n) is 4.27. The van der Waals surface area contributed by atoms with Gasteiger partial charge in [0.2, 0.25) is 0 Å². The van der Waals surface area contributed by atoms with E-state index in [-0.39, 0.29) is 5.56 Å². The Hall–Kier alpha value is -1.88. The van der Waals surface area contributed by atoms with Crippen molar-refractivity contribution in [2.45, 2.75) is 0 Å². The Kier molecular flexibility index (Phi) is 1.58. The van der Waals surface area contributed by atoms with Crippen molar-refractivity contribution in [3.8, 4) is 0 Å². The van der Waals surface area contributed by atoms with Crippen LogP contribution in [0, 0.1) is 0 Å². The van der Waals surface area contributed by atoms with Gasteiger partial charge in [0.1, 0.15) is 0 Å². The third-order valence-corrected chi connectivity index (χ3v) is 2.45. The van der Waals surface area contributed by atoms with E-state index in [1.54, 1.807) is 22.7 Å². The number of H-pyrrole nitrogens is 1. The molecule has 3 aromatic rings. The van der Waals surface area contributed by atoms with Crippen molar-refractivity contribution in [3.05, 3.63) is 39.8 Å². The highest BCUT2D eigenvalue weighted by Crippen LogP contribution is 2.16. The standard InChI is InChI=1S/C9H5ClN4O/c10-5-1-2-6-7(3-5)14-8(4-11-13-14)12-9(6)15/h1-4,13H. The van der Waals surface area contributed by atoms with Crippen molar-refractivity contribution in [2.24, 2.45) is 0 Å². The Labute approximate surface area is 88.3 Å². The van der Waals surface area contributed by atoms with Gasteiger partial charge < -0.3 is 0 Å². The molecule has 0 bridgehead atoms. The van der Waals surface area contributed by atoms with Crippen molar-refractivity contribution >= 4 is 28.2 Å². The molecule has 1 aromatic carbocycles. The Bertz CT molecular complexity index is 715. The number of rotatable bonds is 0. The van der Waals surface area contributed by atoms with Gasteiger partial charge >= 0.3 is 0 Å². The smallest absolute Gasteiger partial charge is 0.267 e. The predicted molar refractivity (Wildman–Crippen MR) is 56.1 cm³/mol. The van der Waals surface area contributed by atoms with Gasteiger partial charge in [-0.3, -0.25) is 4.79 Å². The molecule has 0 unspecified atom stereocenters. The van der Waals surface area contributed by atoms with Gasteiger partial charge in [-0.25, -0.2) is 9.73 Å². The molecule has 6 heteroatoms. The molecule has 74 valence electrons. The zero-order valence-electron chi connectivity index (χ0n) is 7.44. The summed E-state index contributed by atoms with van der Waals surface area (Å²) in [5.41, 5.74) is 0.882. The molecule has 5 nitrogen and oxygen atoms in total. The van der Waals surface area contributed by atoms with Crippen LogP contribution in [0.1, 0.15) is 0 Å². The number of halogens is 1. The number of nitrogens with zero attached hydrogens (tertiary/aromatic N) is 3.